The lowest BCUT2D eigenvalue weighted by Gasteiger charge is -2.19. The molecule has 0 amide bonds. The summed E-state index contributed by atoms with van der Waals surface area (Å²) in [5, 5.41) is 9.61. The van der Waals surface area contributed by atoms with Gasteiger partial charge >= 0.3 is 5.97 Å². The maximum Gasteiger partial charge on any atom is 0.348 e. The highest BCUT2D eigenvalue weighted by Gasteiger charge is 2.24. The van der Waals surface area contributed by atoms with E-state index >= 15 is 0 Å². The van der Waals surface area contributed by atoms with Crippen LogP contribution in [-0.2, 0) is 16.6 Å². The fourth-order valence-corrected chi connectivity index (χ4v) is 3.70. The minimum atomic E-state index is -0.353. The van der Waals surface area contributed by atoms with E-state index < -0.39 is 0 Å². The van der Waals surface area contributed by atoms with E-state index in [9.17, 15) is 10.1 Å². The Bertz CT molecular complexity index is 774. The number of hydrogen-bond donors (Lipinski definition) is 0. The summed E-state index contributed by atoms with van der Waals surface area (Å²) in [5.41, 5.74) is 3.46. The number of hydrogen-bond acceptors (Lipinski definition) is 4. The molecule has 24 heavy (non-hydrogen) atoms. The van der Waals surface area contributed by atoms with Crippen molar-refractivity contribution in [1.29, 1.82) is 5.26 Å². The molecule has 3 nitrogen and oxygen atoms in total. The lowest BCUT2D eigenvalue weighted by atomic mass is 9.86. The van der Waals surface area contributed by atoms with E-state index in [1.54, 1.807) is 6.92 Å². The van der Waals surface area contributed by atoms with Gasteiger partial charge in [0.15, 0.2) is 0 Å². The summed E-state index contributed by atoms with van der Waals surface area (Å²) in [6.07, 6.45) is 0.722. The minimum absolute atomic E-state index is 0.0593. The van der Waals surface area contributed by atoms with Crippen LogP contribution in [0.15, 0.2) is 24.3 Å². The molecule has 126 valence electrons. The second-order valence-corrected chi connectivity index (χ2v) is 7.72. The average molecular weight is 341 g/mol. The van der Waals surface area contributed by atoms with Gasteiger partial charge in [0.2, 0.25) is 0 Å². The molecule has 0 saturated heterocycles. The lowest BCUT2D eigenvalue weighted by molar-refractivity contribution is 0.0533. The molecular weight excluding hydrogens is 318 g/mol. The zero-order chi connectivity index (χ0) is 17.9. The van der Waals surface area contributed by atoms with Gasteiger partial charge < -0.3 is 4.74 Å². The predicted octanol–water partition coefficient (Wildman–Crippen LogP) is 5.32. The van der Waals surface area contributed by atoms with Crippen molar-refractivity contribution in [3.05, 3.63) is 45.1 Å². The van der Waals surface area contributed by atoms with E-state index in [-0.39, 0.29) is 11.4 Å². The van der Waals surface area contributed by atoms with Gasteiger partial charge in [-0.1, -0.05) is 52.0 Å². The molecule has 2 aromatic rings. The van der Waals surface area contributed by atoms with Crippen LogP contribution in [0, 0.1) is 11.3 Å². The fourth-order valence-electron chi connectivity index (χ4n) is 2.60. The summed E-state index contributed by atoms with van der Waals surface area (Å²) in [5.74, 6) is -0.353. The largest absolute Gasteiger partial charge is 0.462 e. The molecule has 0 fully saturated rings. The molecule has 0 aliphatic heterocycles. The molecule has 1 aromatic carbocycles. The van der Waals surface area contributed by atoms with E-state index in [2.05, 4.69) is 39.0 Å². The Kier molecular flexibility index (Phi) is 5.46. The summed E-state index contributed by atoms with van der Waals surface area (Å²) < 4.78 is 5.19. The monoisotopic (exact) mass is 341 g/mol. The quantitative estimate of drug-likeness (QED) is 0.707. The highest BCUT2D eigenvalue weighted by Crippen LogP contribution is 2.38. The molecule has 0 spiro atoms. The molecular formula is C20H23NO2S. The third-order valence-electron chi connectivity index (χ3n) is 3.91. The molecule has 0 aliphatic carbocycles. The number of thiophene rings is 1. The highest BCUT2D eigenvalue weighted by molar-refractivity contribution is 7.14. The van der Waals surface area contributed by atoms with Gasteiger partial charge in [-0.15, -0.1) is 11.3 Å². The van der Waals surface area contributed by atoms with Crippen molar-refractivity contribution in [3.63, 3.8) is 0 Å². The van der Waals surface area contributed by atoms with E-state index in [1.807, 2.05) is 19.1 Å². The Morgan fingerprint density at radius 3 is 2.29 bits per heavy atom. The second-order valence-electron chi connectivity index (χ2n) is 6.62. The van der Waals surface area contributed by atoms with Crippen molar-refractivity contribution in [2.45, 2.75) is 46.5 Å². The van der Waals surface area contributed by atoms with Gasteiger partial charge in [-0.3, -0.25) is 0 Å². The van der Waals surface area contributed by atoms with Crippen molar-refractivity contribution in [2.24, 2.45) is 0 Å². The number of rotatable bonds is 4. The molecule has 0 saturated carbocycles. The van der Waals surface area contributed by atoms with Gasteiger partial charge in [0.25, 0.3) is 0 Å². The summed E-state index contributed by atoms with van der Waals surface area (Å²) in [4.78, 5) is 13.8. The molecule has 2 rings (SSSR count). The van der Waals surface area contributed by atoms with Crippen LogP contribution in [0.2, 0.25) is 0 Å². The third-order valence-corrected chi connectivity index (χ3v) is 5.23. The third kappa shape index (κ3) is 3.52. The van der Waals surface area contributed by atoms with E-state index in [0.717, 1.165) is 16.9 Å². The average Bonchev–Trinajstić information content (AvgIpc) is 2.93. The first-order chi connectivity index (χ1) is 11.3. The number of aryl methyl sites for hydroxylation is 1. The molecule has 0 aliphatic rings. The Balaban J connectivity index is 2.61. The van der Waals surface area contributed by atoms with Crippen LogP contribution in [0.3, 0.4) is 0 Å². The van der Waals surface area contributed by atoms with Crippen LogP contribution in [0.25, 0.3) is 11.1 Å². The first-order valence-corrected chi connectivity index (χ1v) is 8.98. The number of carbonyl (C=O) groups excluding carboxylic acids is 1. The number of nitrogens with zero attached hydrogens (tertiary/aromatic N) is 1. The van der Waals surface area contributed by atoms with Crippen molar-refractivity contribution < 1.29 is 9.53 Å². The number of ether oxygens (including phenoxy) is 1. The predicted molar refractivity (Wildman–Crippen MR) is 98.5 cm³/mol. The van der Waals surface area contributed by atoms with Crippen molar-refractivity contribution in [1.82, 2.24) is 0 Å². The standard InChI is InChI=1S/C20H23NO2S/c1-6-16-15(12-21)17(18(24-16)19(22)23-7-2)13-8-10-14(11-9-13)20(3,4)5/h8-11H,6-7H2,1-5H3. The number of carbonyl (C=O) groups is 1. The fraction of sp³-hybridized carbons (Fsp3) is 0.400. The SMILES string of the molecule is CCOC(=O)c1sc(CC)c(C#N)c1-c1ccc(C(C)(C)C)cc1. The number of benzene rings is 1. The maximum absolute atomic E-state index is 12.3. The number of nitriles is 1. The van der Waals surface area contributed by atoms with Crippen molar-refractivity contribution in [2.75, 3.05) is 6.61 Å². The normalized spacial score (nSPS) is 11.2. The van der Waals surface area contributed by atoms with Crippen LogP contribution in [-0.4, -0.2) is 12.6 Å². The Labute approximate surface area is 147 Å². The molecule has 0 atom stereocenters. The molecule has 0 N–H and O–H groups in total. The summed E-state index contributed by atoms with van der Waals surface area (Å²) >= 11 is 1.37. The van der Waals surface area contributed by atoms with E-state index in [1.165, 1.54) is 16.9 Å². The molecule has 1 aromatic heterocycles. The van der Waals surface area contributed by atoms with Crippen LogP contribution in [0.4, 0.5) is 0 Å². The first kappa shape index (κ1) is 18.2. The van der Waals surface area contributed by atoms with Gasteiger partial charge in [-0.2, -0.15) is 5.26 Å². The van der Waals surface area contributed by atoms with Gasteiger partial charge in [-0.05, 0) is 29.9 Å². The molecule has 0 radical (unpaired) electrons. The van der Waals surface area contributed by atoms with E-state index in [4.69, 9.17) is 4.74 Å². The maximum atomic E-state index is 12.3. The Hall–Kier alpha value is -2.12. The molecule has 0 unspecified atom stereocenters. The van der Waals surface area contributed by atoms with Crippen molar-refractivity contribution in [3.8, 4) is 17.2 Å². The zero-order valence-electron chi connectivity index (χ0n) is 14.9. The van der Waals surface area contributed by atoms with Gasteiger partial charge in [0, 0.05) is 10.4 Å². The van der Waals surface area contributed by atoms with Gasteiger partial charge in [-0.25, -0.2) is 4.79 Å². The van der Waals surface area contributed by atoms with Crippen molar-refractivity contribution >= 4 is 17.3 Å². The summed E-state index contributed by atoms with van der Waals surface area (Å²) in [6.45, 7) is 10.6. The van der Waals surface area contributed by atoms with Crippen LogP contribution in [0.1, 0.15) is 60.3 Å². The second kappa shape index (κ2) is 7.19. The Morgan fingerprint density at radius 1 is 1.21 bits per heavy atom. The minimum Gasteiger partial charge on any atom is -0.462 e. The van der Waals surface area contributed by atoms with Crippen LogP contribution in [0.5, 0.6) is 0 Å². The molecule has 0 bridgehead atoms. The molecule has 1 heterocycles. The van der Waals surface area contributed by atoms with Crippen LogP contribution < -0.4 is 0 Å². The zero-order valence-corrected chi connectivity index (χ0v) is 15.7. The summed E-state index contributed by atoms with van der Waals surface area (Å²) in [7, 11) is 0. The highest BCUT2D eigenvalue weighted by atomic mass is 32.1. The lowest BCUT2D eigenvalue weighted by Crippen LogP contribution is -2.10. The van der Waals surface area contributed by atoms with Gasteiger partial charge in [0.1, 0.15) is 10.9 Å². The van der Waals surface area contributed by atoms with E-state index in [0.29, 0.717) is 22.6 Å². The smallest absolute Gasteiger partial charge is 0.348 e. The topological polar surface area (TPSA) is 50.1 Å². The number of esters is 1. The van der Waals surface area contributed by atoms with Gasteiger partial charge in [0.05, 0.1) is 12.2 Å². The Morgan fingerprint density at radius 2 is 1.83 bits per heavy atom. The first-order valence-electron chi connectivity index (χ1n) is 8.17. The van der Waals surface area contributed by atoms with Crippen LogP contribution >= 0.6 is 11.3 Å². The molecule has 4 heteroatoms. The summed E-state index contributed by atoms with van der Waals surface area (Å²) in [6, 6.07) is 10.4.